The summed E-state index contributed by atoms with van der Waals surface area (Å²) < 4.78 is 30.2. The largest absolute Gasteiger partial charge is 0.497 e. The number of carbonyl (C=O) groups excluding carboxylic acids is 1. The zero-order chi connectivity index (χ0) is 19.2. The van der Waals surface area contributed by atoms with E-state index in [9.17, 15) is 13.2 Å². The number of ether oxygens (including phenoxy) is 1. The standard InChI is InChI=1S/C18H23N3O4S/c1-13(15-5-4-6-16(11-15)21-26(3,23)24)20-18(22)19-12-14-7-9-17(25-2)10-8-14/h4-11,13,21H,12H2,1-3H3,(H2,19,20,22)/t13-/m0/s1. The zero-order valence-electron chi connectivity index (χ0n) is 14.9. The number of hydrogen-bond acceptors (Lipinski definition) is 4. The lowest BCUT2D eigenvalue weighted by Crippen LogP contribution is -2.36. The number of methoxy groups -OCH3 is 1. The van der Waals surface area contributed by atoms with Crippen molar-refractivity contribution in [2.45, 2.75) is 19.5 Å². The molecule has 26 heavy (non-hydrogen) atoms. The molecule has 0 aromatic heterocycles. The monoisotopic (exact) mass is 377 g/mol. The van der Waals surface area contributed by atoms with Gasteiger partial charge in [0.05, 0.1) is 19.4 Å². The zero-order valence-corrected chi connectivity index (χ0v) is 15.8. The van der Waals surface area contributed by atoms with Gasteiger partial charge in [-0.2, -0.15) is 0 Å². The molecule has 0 bridgehead atoms. The average Bonchev–Trinajstić information content (AvgIpc) is 2.59. The maximum Gasteiger partial charge on any atom is 0.315 e. The van der Waals surface area contributed by atoms with Gasteiger partial charge in [0, 0.05) is 12.2 Å². The lowest BCUT2D eigenvalue weighted by atomic mass is 10.1. The highest BCUT2D eigenvalue weighted by Gasteiger charge is 2.11. The first-order valence-corrected chi connectivity index (χ1v) is 9.91. The Labute approximate surface area is 153 Å². The summed E-state index contributed by atoms with van der Waals surface area (Å²) >= 11 is 0. The summed E-state index contributed by atoms with van der Waals surface area (Å²) in [5.74, 6) is 0.759. The molecular formula is C18H23N3O4S. The molecule has 140 valence electrons. The van der Waals surface area contributed by atoms with Crippen LogP contribution in [-0.4, -0.2) is 27.8 Å². The van der Waals surface area contributed by atoms with E-state index in [1.807, 2.05) is 37.3 Å². The van der Waals surface area contributed by atoms with Crippen molar-refractivity contribution in [2.75, 3.05) is 18.1 Å². The molecule has 2 aromatic carbocycles. The highest BCUT2D eigenvalue weighted by Crippen LogP contribution is 2.18. The van der Waals surface area contributed by atoms with Gasteiger partial charge >= 0.3 is 6.03 Å². The van der Waals surface area contributed by atoms with Crippen LogP contribution in [0.15, 0.2) is 48.5 Å². The van der Waals surface area contributed by atoms with Gasteiger partial charge in [-0.05, 0) is 42.3 Å². The van der Waals surface area contributed by atoms with E-state index in [2.05, 4.69) is 15.4 Å². The first-order chi connectivity index (χ1) is 12.3. The highest BCUT2D eigenvalue weighted by molar-refractivity contribution is 7.92. The molecular weight excluding hydrogens is 354 g/mol. The smallest absolute Gasteiger partial charge is 0.315 e. The summed E-state index contributed by atoms with van der Waals surface area (Å²) in [5.41, 5.74) is 2.20. The predicted octanol–water partition coefficient (Wildman–Crippen LogP) is 2.63. The van der Waals surface area contributed by atoms with Gasteiger partial charge in [0.1, 0.15) is 5.75 Å². The van der Waals surface area contributed by atoms with Crippen LogP contribution in [0.3, 0.4) is 0 Å². The van der Waals surface area contributed by atoms with Gasteiger partial charge in [0.2, 0.25) is 10.0 Å². The van der Waals surface area contributed by atoms with Gasteiger partial charge in [-0.1, -0.05) is 24.3 Å². The first-order valence-electron chi connectivity index (χ1n) is 8.02. The molecule has 0 unspecified atom stereocenters. The van der Waals surface area contributed by atoms with Crippen LogP contribution in [0.2, 0.25) is 0 Å². The normalized spacial score (nSPS) is 12.1. The SMILES string of the molecule is COc1ccc(CNC(=O)N[C@@H](C)c2cccc(NS(C)(=O)=O)c2)cc1. The Bertz CT molecular complexity index is 851. The van der Waals surface area contributed by atoms with E-state index in [0.717, 1.165) is 23.1 Å². The van der Waals surface area contributed by atoms with E-state index in [1.165, 1.54) is 0 Å². The van der Waals surface area contributed by atoms with Crippen molar-refractivity contribution in [3.05, 3.63) is 59.7 Å². The van der Waals surface area contributed by atoms with E-state index in [1.54, 1.807) is 25.3 Å². The minimum absolute atomic E-state index is 0.285. The molecule has 0 radical (unpaired) electrons. The van der Waals surface area contributed by atoms with Crippen molar-refractivity contribution >= 4 is 21.7 Å². The van der Waals surface area contributed by atoms with E-state index in [-0.39, 0.29) is 12.1 Å². The number of benzene rings is 2. The lowest BCUT2D eigenvalue weighted by Gasteiger charge is -2.16. The Balaban J connectivity index is 1.90. The second-order valence-electron chi connectivity index (χ2n) is 5.90. The molecule has 0 aliphatic heterocycles. The molecule has 0 saturated heterocycles. The van der Waals surface area contributed by atoms with E-state index in [4.69, 9.17) is 4.74 Å². The Morgan fingerprint density at radius 2 is 1.85 bits per heavy atom. The molecule has 8 heteroatoms. The lowest BCUT2D eigenvalue weighted by molar-refractivity contribution is 0.237. The average molecular weight is 377 g/mol. The second kappa shape index (κ2) is 8.57. The molecule has 3 N–H and O–H groups in total. The number of carbonyl (C=O) groups is 1. The molecule has 0 aliphatic rings. The summed E-state index contributed by atoms with van der Waals surface area (Å²) in [4.78, 5) is 12.1. The summed E-state index contributed by atoms with van der Waals surface area (Å²) in [6, 6.07) is 13.7. The first kappa shape index (κ1) is 19.6. The van der Waals surface area contributed by atoms with Gasteiger partial charge in [0.15, 0.2) is 0 Å². The number of nitrogens with one attached hydrogen (secondary N) is 3. The fourth-order valence-electron chi connectivity index (χ4n) is 2.34. The van der Waals surface area contributed by atoms with Gasteiger partial charge in [0.25, 0.3) is 0 Å². The molecule has 0 fully saturated rings. The molecule has 0 spiro atoms. The molecule has 2 aromatic rings. The Morgan fingerprint density at radius 3 is 2.46 bits per heavy atom. The van der Waals surface area contributed by atoms with Crippen molar-refractivity contribution < 1.29 is 17.9 Å². The van der Waals surface area contributed by atoms with Crippen LogP contribution in [-0.2, 0) is 16.6 Å². The molecule has 0 saturated carbocycles. The van der Waals surface area contributed by atoms with Crippen LogP contribution in [0.5, 0.6) is 5.75 Å². The molecule has 0 heterocycles. The van der Waals surface area contributed by atoms with Gasteiger partial charge in [-0.25, -0.2) is 13.2 Å². The van der Waals surface area contributed by atoms with Crippen molar-refractivity contribution in [1.82, 2.24) is 10.6 Å². The molecule has 7 nitrogen and oxygen atoms in total. The minimum Gasteiger partial charge on any atom is -0.497 e. The maximum absolute atomic E-state index is 12.1. The highest BCUT2D eigenvalue weighted by atomic mass is 32.2. The summed E-state index contributed by atoms with van der Waals surface area (Å²) in [6.45, 7) is 2.21. The number of urea groups is 1. The quantitative estimate of drug-likeness (QED) is 0.691. The van der Waals surface area contributed by atoms with Gasteiger partial charge in [-0.3, -0.25) is 4.72 Å². The van der Waals surface area contributed by atoms with Crippen LogP contribution < -0.4 is 20.1 Å². The van der Waals surface area contributed by atoms with Crippen molar-refractivity contribution in [3.8, 4) is 5.75 Å². The predicted molar refractivity (Wildman–Crippen MR) is 102 cm³/mol. The second-order valence-corrected chi connectivity index (χ2v) is 7.64. The number of sulfonamides is 1. The van der Waals surface area contributed by atoms with Crippen LogP contribution in [0.4, 0.5) is 10.5 Å². The number of rotatable bonds is 7. The third kappa shape index (κ3) is 6.29. The fourth-order valence-corrected chi connectivity index (χ4v) is 2.90. The van der Waals surface area contributed by atoms with E-state index < -0.39 is 10.0 Å². The molecule has 2 amide bonds. The third-order valence-corrected chi connectivity index (χ3v) is 4.26. The Morgan fingerprint density at radius 1 is 1.15 bits per heavy atom. The number of anilines is 1. The summed E-state index contributed by atoms with van der Waals surface area (Å²) in [5, 5.41) is 5.61. The van der Waals surface area contributed by atoms with Crippen molar-refractivity contribution in [2.24, 2.45) is 0 Å². The maximum atomic E-state index is 12.1. The van der Waals surface area contributed by atoms with Gasteiger partial charge < -0.3 is 15.4 Å². The molecule has 2 rings (SSSR count). The van der Waals surface area contributed by atoms with Crippen LogP contribution >= 0.6 is 0 Å². The topological polar surface area (TPSA) is 96.5 Å². The summed E-state index contributed by atoms with van der Waals surface area (Å²) in [7, 11) is -1.75. The minimum atomic E-state index is -3.35. The van der Waals surface area contributed by atoms with Crippen LogP contribution in [0.1, 0.15) is 24.1 Å². The fraction of sp³-hybridized carbons (Fsp3) is 0.278. The van der Waals surface area contributed by atoms with E-state index in [0.29, 0.717) is 12.2 Å². The van der Waals surface area contributed by atoms with Crippen LogP contribution in [0, 0.1) is 0 Å². The molecule has 1 atom stereocenters. The number of amides is 2. The number of hydrogen-bond donors (Lipinski definition) is 3. The third-order valence-electron chi connectivity index (χ3n) is 3.65. The Kier molecular flexibility index (Phi) is 6.46. The van der Waals surface area contributed by atoms with Crippen LogP contribution in [0.25, 0.3) is 0 Å². The van der Waals surface area contributed by atoms with E-state index >= 15 is 0 Å². The molecule has 0 aliphatic carbocycles. The Hall–Kier alpha value is -2.74. The summed E-state index contributed by atoms with van der Waals surface area (Å²) in [6.07, 6.45) is 1.09. The van der Waals surface area contributed by atoms with Gasteiger partial charge in [-0.15, -0.1) is 0 Å². The van der Waals surface area contributed by atoms with Crippen molar-refractivity contribution in [3.63, 3.8) is 0 Å². The van der Waals surface area contributed by atoms with Crippen molar-refractivity contribution in [1.29, 1.82) is 0 Å².